The lowest BCUT2D eigenvalue weighted by Gasteiger charge is -2.16. The largest absolute Gasteiger partial charge is 0.347 e. The summed E-state index contributed by atoms with van der Waals surface area (Å²) in [5.41, 5.74) is 2.26. The number of hydrogen-bond donors (Lipinski definition) is 0. The van der Waals surface area contributed by atoms with Gasteiger partial charge in [-0.1, -0.05) is 39.0 Å². The third-order valence-electron chi connectivity index (χ3n) is 3.94. The summed E-state index contributed by atoms with van der Waals surface area (Å²) in [5, 5.41) is 1.25. The number of nitrogens with zero attached hydrogens (tertiary/aromatic N) is 1. The van der Waals surface area contributed by atoms with Crippen LogP contribution in [0.1, 0.15) is 45.1 Å². The SMILES string of the molecule is C#Cc1ccc2c(ccn2CC(CC)CCCC)c1. The van der Waals surface area contributed by atoms with Crippen LogP contribution in [0.5, 0.6) is 0 Å². The van der Waals surface area contributed by atoms with Crippen LogP contribution in [0, 0.1) is 18.3 Å². The van der Waals surface area contributed by atoms with Gasteiger partial charge in [-0.3, -0.25) is 0 Å². The van der Waals surface area contributed by atoms with E-state index in [0.717, 1.165) is 18.0 Å². The van der Waals surface area contributed by atoms with E-state index in [4.69, 9.17) is 6.42 Å². The Kier molecular flexibility index (Phi) is 4.68. The summed E-state index contributed by atoms with van der Waals surface area (Å²) in [6.45, 7) is 5.68. The van der Waals surface area contributed by atoms with Gasteiger partial charge in [0.05, 0.1) is 0 Å². The molecule has 1 atom stereocenters. The van der Waals surface area contributed by atoms with Gasteiger partial charge in [-0.05, 0) is 36.6 Å². The van der Waals surface area contributed by atoms with Crippen LogP contribution in [-0.2, 0) is 6.54 Å². The summed E-state index contributed by atoms with van der Waals surface area (Å²) in [6.07, 6.45) is 12.8. The first-order valence-electron chi connectivity index (χ1n) is 7.34. The fourth-order valence-corrected chi connectivity index (χ4v) is 2.64. The van der Waals surface area contributed by atoms with Gasteiger partial charge >= 0.3 is 0 Å². The van der Waals surface area contributed by atoms with E-state index in [9.17, 15) is 0 Å². The summed E-state index contributed by atoms with van der Waals surface area (Å²) >= 11 is 0. The van der Waals surface area contributed by atoms with Crippen molar-refractivity contribution in [2.75, 3.05) is 0 Å². The fourth-order valence-electron chi connectivity index (χ4n) is 2.64. The fraction of sp³-hybridized carbons (Fsp3) is 0.444. The van der Waals surface area contributed by atoms with Gasteiger partial charge < -0.3 is 4.57 Å². The zero-order valence-corrected chi connectivity index (χ0v) is 12.0. The molecule has 0 radical (unpaired) electrons. The van der Waals surface area contributed by atoms with Crippen molar-refractivity contribution < 1.29 is 0 Å². The molecule has 0 amide bonds. The highest BCUT2D eigenvalue weighted by molar-refractivity contribution is 5.81. The minimum Gasteiger partial charge on any atom is -0.347 e. The quantitative estimate of drug-likeness (QED) is 0.649. The summed E-state index contributed by atoms with van der Waals surface area (Å²) in [4.78, 5) is 0. The summed E-state index contributed by atoms with van der Waals surface area (Å²) < 4.78 is 2.37. The van der Waals surface area contributed by atoms with E-state index in [2.05, 4.69) is 48.7 Å². The molecule has 0 spiro atoms. The highest BCUT2D eigenvalue weighted by Crippen LogP contribution is 2.21. The van der Waals surface area contributed by atoms with E-state index in [0.29, 0.717) is 0 Å². The van der Waals surface area contributed by atoms with Crippen molar-refractivity contribution in [3.05, 3.63) is 36.0 Å². The maximum atomic E-state index is 5.45. The number of unbranched alkanes of at least 4 members (excludes halogenated alkanes) is 1. The first kappa shape index (κ1) is 13.7. The minimum absolute atomic E-state index is 0.780. The van der Waals surface area contributed by atoms with Gasteiger partial charge in [0.1, 0.15) is 0 Å². The average Bonchev–Trinajstić information content (AvgIpc) is 2.85. The third-order valence-corrected chi connectivity index (χ3v) is 3.94. The Labute approximate surface area is 116 Å². The molecule has 1 heterocycles. The van der Waals surface area contributed by atoms with Gasteiger partial charge in [0.15, 0.2) is 0 Å². The molecule has 0 saturated heterocycles. The Morgan fingerprint density at radius 2 is 2.11 bits per heavy atom. The zero-order valence-electron chi connectivity index (χ0n) is 12.0. The molecule has 19 heavy (non-hydrogen) atoms. The second kappa shape index (κ2) is 6.48. The molecule has 0 aliphatic heterocycles. The van der Waals surface area contributed by atoms with Gasteiger partial charge in [-0.15, -0.1) is 6.42 Å². The highest BCUT2D eigenvalue weighted by atomic mass is 15.0. The second-order valence-corrected chi connectivity index (χ2v) is 5.30. The third kappa shape index (κ3) is 3.20. The first-order chi connectivity index (χ1) is 9.28. The molecule has 0 aliphatic rings. The molecule has 0 saturated carbocycles. The molecular formula is C18H23N. The number of aromatic nitrogens is 1. The topological polar surface area (TPSA) is 4.93 Å². The van der Waals surface area contributed by atoms with Crippen LogP contribution in [0.2, 0.25) is 0 Å². The van der Waals surface area contributed by atoms with Gasteiger partial charge in [0, 0.05) is 29.2 Å². The van der Waals surface area contributed by atoms with Crippen LogP contribution in [0.4, 0.5) is 0 Å². The minimum atomic E-state index is 0.780. The van der Waals surface area contributed by atoms with E-state index >= 15 is 0 Å². The molecule has 0 bridgehead atoms. The van der Waals surface area contributed by atoms with Crippen molar-refractivity contribution >= 4 is 10.9 Å². The van der Waals surface area contributed by atoms with Crippen molar-refractivity contribution in [2.45, 2.75) is 46.1 Å². The molecule has 0 N–H and O–H groups in total. The van der Waals surface area contributed by atoms with Crippen molar-refractivity contribution in [3.8, 4) is 12.3 Å². The van der Waals surface area contributed by atoms with Crippen LogP contribution in [0.3, 0.4) is 0 Å². The van der Waals surface area contributed by atoms with Crippen LogP contribution in [0.15, 0.2) is 30.5 Å². The lowest BCUT2D eigenvalue weighted by Crippen LogP contribution is -2.09. The number of hydrogen-bond acceptors (Lipinski definition) is 0. The Hall–Kier alpha value is -1.68. The Morgan fingerprint density at radius 1 is 1.26 bits per heavy atom. The molecule has 0 fully saturated rings. The van der Waals surface area contributed by atoms with E-state index in [1.54, 1.807) is 0 Å². The van der Waals surface area contributed by atoms with E-state index in [-0.39, 0.29) is 0 Å². The maximum absolute atomic E-state index is 5.45. The summed E-state index contributed by atoms with van der Waals surface area (Å²) in [7, 11) is 0. The van der Waals surface area contributed by atoms with Gasteiger partial charge in [-0.2, -0.15) is 0 Å². The maximum Gasteiger partial charge on any atom is 0.0481 e. The molecule has 100 valence electrons. The standard InChI is InChI=1S/C18H23N/c1-4-7-8-16(6-3)14-19-12-11-17-13-15(5-2)9-10-18(17)19/h2,9-13,16H,4,6-8,14H2,1,3H3. The molecule has 2 aromatic rings. The van der Waals surface area contributed by atoms with E-state index < -0.39 is 0 Å². The van der Waals surface area contributed by atoms with Crippen molar-refractivity contribution in [1.82, 2.24) is 4.57 Å². The molecular weight excluding hydrogens is 230 g/mol. The normalized spacial score (nSPS) is 12.5. The van der Waals surface area contributed by atoms with E-state index in [1.165, 1.54) is 36.6 Å². The van der Waals surface area contributed by atoms with Crippen molar-refractivity contribution in [1.29, 1.82) is 0 Å². The summed E-state index contributed by atoms with van der Waals surface area (Å²) in [5.74, 6) is 3.48. The Morgan fingerprint density at radius 3 is 2.79 bits per heavy atom. The Bertz CT molecular complexity index is 571. The number of fused-ring (bicyclic) bond motifs is 1. The van der Waals surface area contributed by atoms with Crippen LogP contribution >= 0.6 is 0 Å². The Balaban J connectivity index is 2.18. The molecule has 1 heteroatoms. The predicted molar refractivity (Wildman–Crippen MR) is 83.2 cm³/mol. The number of benzene rings is 1. The van der Waals surface area contributed by atoms with E-state index in [1.807, 2.05) is 6.07 Å². The molecule has 1 aromatic heterocycles. The number of rotatable bonds is 6. The van der Waals surface area contributed by atoms with Crippen molar-refractivity contribution in [3.63, 3.8) is 0 Å². The molecule has 1 nitrogen and oxygen atoms in total. The lowest BCUT2D eigenvalue weighted by atomic mass is 9.99. The average molecular weight is 253 g/mol. The molecule has 2 rings (SSSR count). The number of terminal acetylenes is 1. The molecule has 1 unspecified atom stereocenters. The second-order valence-electron chi connectivity index (χ2n) is 5.30. The molecule has 1 aromatic carbocycles. The molecule has 0 aliphatic carbocycles. The lowest BCUT2D eigenvalue weighted by molar-refractivity contribution is 0.396. The predicted octanol–water partition coefficient (Wildman–Crippen LogP) is 4.84. The highest BCUT2D eigenvalue weighted by Gasteiger charge is 2.09. The monoisotopic (exact) mass is 253 g/mol. The first-order valence-corrected chi connectivity index (χ1v) is 7.34. The smallest absolute Gasteiger partial charge is 0.0481 e. The van der Waals surface area contributed by atoms with Gasteiger partial charge in [0.2, 0.25) is 0 Å². The van der Waals surface area contributed by atoms with Crippen LogP contribution in [0.25, 0.3) is 10.9 Å². The zero-order chi connectivity index (χ0) is 13.7. The summed E-state index contributed by atoms with van der Waals surface area (Å²) in [6, 6.07) is 8.45. The van der Waals surface area contributed by atoms with Crippen LogP contribution < -0.4 is 0 Å². The van der Waals surface area contributed by atoms with Crippen LogP contribution in [-0.4, -0.2) is 4.57 Å². The van der Waals surface area contributed by atoms with Crippen molar-refractivity contribution in [2.24, 2.45) is 5.92 Å². The van der Waals surface area contributed by atoms with Gasteiger partial charge in [0.25, 0.3) is 0 Å². The van der Waals surface area contributed by atoms with Gasteiger partial charge in [-0.25, -0.2) is 0 Å².